The fraction of sp³-hybridized carbons (Fsp3) is 0.938. The van der Waals surface area contributed by atoms with Crippen molar-refractivity contribution < 1.29 is 5.32 Å². The molecule has 0 spiro atoms. The molecule has 1 nitrogen and oxygen atoms in total. The minimum absolute atomic E-state index is 0.429. The first-order valence-electron chi connectivity index (χ1n) is 7.55. The van der Waals surface area contributed by atoms with E-state index in [0.717, 1.165) is 29.6 Å². The molecule has 0 amide bonds. The van der Waals surface area contributed by atoms with Crippen LogP contribution >= 0.6 is 0 Å². The lowest BCUT2D eigenvalue weighted by atomic mass is 9.72. The van der Waals surface area contributed by atoms with Crippen LogP contribution in [-0.2, 0) is 0 Å². The van der Waals surface area contributed by atoms with E-state index in [0.29, 0.717) is 11.0 Å². The summed E-state index contributed by atoms with van der Waals surface area (Å²) in [6.45, 7) is 10.0. The molecule has 0 bridgehead atoms. The maximum atomic E-state index is 4.16. The van der Waals surface area contributed by atoms with E-state index in [4.69, 9.17) is 0 Å². The van der Waals surface area contributed by atoms with Crippen LogP contribution in [0.3, 0.4) is 0 Å². The normalized spacial score (nSPS) is 55.9. The molecule has 17 heavy (non-hydrogen) atoms. The number of hydrogen-bond donors (Lipinski definition) is 1. The van der Waals surface area contributed by atoms with Crippen molar-refractivity contribution in [3.8, 4) is 0 Å². The van der Waals surface area contributed by atoms with Crippen LogP contribution in [-0.4, -0.2) is 5.54 Å². The van der Waals surface area contributed by atoms with Crippen molar-refractivity contribution in [1.29, 1.82) is 0 Å². The van der Waals surface area contributed by atoms with Gasteiger partial charge in [0.25, 0.3) is 0 Å². The zero-order valence-corrected chi connectivity index (χ0v) is 12.0. The number of fused-ring (bicyclic) bond motifs is 3. The zero-order chi connectivity index (χ0) is 12.4. The number of nitrogens with two attached hydrogens (primary N) is 1. The van der Waals surface area contributed by atoms with Gasteiger partial charge in [0.2, 0.25) is 0 Å². The maximum absolute atomic E-state index is 4.16. The SMILES string of the molecule is [CH2-][NH2+][C@@]1(C)CC[C@@H]2[C@H]([C@@H]3[C@@H](C)CC[C@@H]31)C2(C)C. The Morgan fingerprint density at radius 1 is 1.06 bits per heavy atom. The van der Waals surface area contributed by atoms with Crippen molar-refractivity contribution in [1.82, 2.24) is 0 Å². The highest BCUT2D eigenvalue weighted by molar-refractivity contribution is 5.14. The van der Waals surface area contributed by atoms with Crippen LogP contribution in [0.4, 0.5) is 0 Å². The molecule has 0 aliphatic heterocycles. The van der Waals surface area contributed by atoms with Crippen LogP contribution in [0.5, 0.6) is 0 Å². The van der Waals surface area contributed by atoms with Gasteiger partial charge in [-0.1, -0.05) is 20.8 Å². The quantitative estimate of drug-likeness (QED) is 0.673. The number of hydrogen-bond acceptors (Lipinski definition) is 0. The van der Waals surface area contributed by atoms with Gasteiger partial charge in [0.1, 0.15) is 0 Å². The fourth-order valence-corrected chi connectivity index (χ4v) is 5.61. The van der Waals surface area contributed by atoms with Crippen LogP contribution in [0.2, 0.25) is 0 Å². The highest BCUT2D eigenvalue weighted by Crippen LogP contribution is 2.70. The lowest BCUT2D eigenvalue weighted by Gasteiger charge is -2.39. The second-order valence-corrected chi connectivity index (χ2v) is 7.94. The van der Waals surface area contributed by atoms with E-state index < -0.39 is 0 Å². The molecule has 2 N–H and O–H groups in total. The van der Waals surface area contributed by atoms with Gasteiger partial charge in [0.15, 0.2) is 0 Å². The first kappa shape index (κ1) is 12.0. The predicted molar refractivity (Wildman–Crippen MR) is 71.1 cm³/mol. The summed E-state index contributed by atoms with van der Waals surface area (Å²) in [5.74, 6) is 4.89. The van der Waals surface area contributed by atoms with Crippen LogP contribution in [0, 0.1) is 42.1 Å². The zero-order valence-electron chi connectivity index (χ0n) is 12.0. The van der Waals surface area contributed by atoms with E-state index >= 15 is 0 Å². The van der Waals surface area contributed by atoms with E-state index in [9.17, 15) is 0 Å². The second-order valence-electron chi connectivity index (χ2n) is 7.94. The minimum atomic E-state index is 0.429. The molecule has 0 heterocycles. The van der Waals surface area contributed by atoms with Gasteiger partial charge in [-0.05, 0) is 55.3 Å². The van der Waals surface area contributed by atoms with Crippen molar-refractivity contribution in [2.24, 2.45) is 35.0 Å². The second kappa shape index (κ2) is 3.50. The highest BCUT2D eigenvalue weighted by atomic mass is 15.0. The van der Waals surface area contributed by atoms with Crippen LogP contribution in [0.1, 0.15) is 53.4 Å². The first-order valence-corrected chi connectivity index (χ1v) is 7.55. The van der Waals surface area contributed by atoms with E-state index in [1.165, 1.54) is 25.7 Å². The topological polar surface area (TPSA) is 16.6 Å². The molecule has 0 unspecified atom stereocenters. The summed E-state index contributed by atoms with van der Waals surface area (Å²) in [5, 5.41) is 2.29. The summed E-state index contributed by atoms with van der Waals surface area (Å²) in [6, 6.07) is 0. The van der Waals surface area contributed by atoms with Gasteiger partial charge in [-0.2, -0.15) is 7.05 Å². The van der Waals surface area contributed by atoms with Gasteiger partial charge in [-0.25, -0.2) is 0 Å². The van der Waals surface area contributed by atoms with Crippen LogP contribution in [0.15, 0.2) is 0 Å². The molecule has 3 aliphatic carbocycles. The molecule has 0 saturated heterocycles. The molecule has 3 saturated carbocycles. The Morgan fingerprint density at radius 2 is 1.76 bits per heavy atom. The largest absolute Gasteiger partial charge is 0.474 e. The van der Waals surface area contributed by atoms with Gasteiger partial charge < -0.3 is 5.32 Å². The molecule has 6 atom stereocenters. The van der Waals surface area contributed by atoms with E-state index in [1.54, 1.807) is 0 Å². The fourth-order valence-electron chi connectivity index (χ4n) is 5.61. The summed E-state index contributed by atoms with van der Waals surface area (Å²) in [4.78, 5) is 0. The summed E-state index contributed by atoms with van der Waals surface area (Å²) in [5.41, 5.74) is 1.07. The molecule has 0 aromatic carbocycles. The Labute approximate surface area is 107 Å². The average Bonchev–Trinajstić information content (AvgIpc) is 2.65. The summed E-state index contributed by atoms with van der Waals surface area (Å²) < 4.78 is 0. The Hall–Kier alpha value is -0.0400. The molecular formula is C16H29N. The molecule has 0 aromatic rings. The molecule has 3 rings (SSSR count). The molecule has 0 radical (unpaired) electrons. The smallest absolute Gasteiger partial charge is 0.0726 e. The van der Waals surface area contributed by atoms with Crippen molar-refractivity contribution in [3.63, 3.8) is 0 Å². The standard InChI is InChI=1S/C16H29N/c1-10-6-7-11-13(10)14-12(15(14,2)3)8-9-16(11,4)17-5/h10-14H,5-9,17H2,1-4H3/t10-,11-,12+,13+,14+,16-/m0/s1. The van der Waals surface area contributed by atoms with Gasteiger partial charge in [-0.15, -0.1) is 0 Å². The Bertz CT molecular complexity index is 321. The summed E-state index contributed by atoms with van der Waals surface area (Å²) in [7, 11) is 4.16. The molecule has 3 aliphatic rings. The highest BCUT2D eigenvalue weighted by Gasteiger charge is 2.67. The van der Waals surface area contributed by atoms with Crippen LogP contribution < -0.4 is 5.32 Å². The first-order chi connectivity index (χ1) is 7.92. The van der Waals surface area contributed by atoms with E-state index in [2.05, 4.69) is 40.1 Å². The van der Waals surface area contributed by atoms with Gasteiger partial charge in [0, 0.05) is 12.3 Å². The third-order valence-corrected chi connectivity index (χ3v) is 6.92. The Kier molecular flexibility index (Phi) is 2.47. The van der Waals surface area contributed by atoms with Gasteiger partial charge >= 0.3 is 0 Å². The molecule has 98 valence electrons. The van der Waals surface area contributed by atoms with E-state index in [-0.39, 0.29) is 0 Å². The van der Waals surface area contributed by atoms with Gasteiger partial charge in [-0.3, -0.25) is 0 Å². The molecular weight excluding hydrogens is 206 g/mol. The van der Waals surface area contributed by atoms with Crippen molar-refractivity contribution in [2.75, 3.05) is 0 Å². The lowest BCUT2D eigenvalue weighted by Crippen LogP contribution is -2.92. The Morgan fingerprint density at radius 3 is 2.41 bits per heavy atom. The monoisotopic (exact) mass is 235 g/mol. The van der Waals surface area contributed by atoms with Gasteiger partial charge in [0.05, 0.1) is 5.54 Å². The Balaban J connectivity index is 1.94. The minimum Gasteiger partial charge on any atom is -0.474 e. The third-order valence-electron chi connectivity index (χ3n) is 6.92. The van der Waals surface area contributed by atoms with Crippen molar-refractivity contribution in [2.45, 2.75) is 58.9 Å². The molecule has 0 aromatic heterocycles. The van der Waals surface area contributed by atoms with Crippen molar-refractivity contribution in [3.05, 3.63) is 7.05 Å². The average molecular weight is 235 g/mol. The van der Waals surface area contributed by atoms with E-state index in [1.807, 2.05) is 0 Å². The number of rotatable bonds is 1. The third kappa shape index (κ3) is 1.47. The van der Waals surface area contributed by atoms with Crippen LogP contribution in [0.25, 0.3) is 0 Å². The molecule has 1 heteroatoms. The summed E-state index contributed by atoms with van der Waals surface area (Å²) in [6.07, 6.45) is 5.74. The van der Waals surface area contributed by atoms with Crippen molar-refractivity contribution >= 4 is 0 Å². The lowest BCUT2D eigenvalue weighted by molar-refractivity contribution is -0.683. The maximum Gasteiger partial charge on any atom is 0.0726 e. The predicted octanol–water partition coefficient (Wildman–Crippen LogP) is 2.83. The number of quaternary nitrogens is 1. The molecule has 3 fully saturated rings. The summed E-state index contributed by atoms with van der Waals surface area (Å²) >= 11 is 0.